The Hall–Kier alpha value is -2.85. The number of primary amides is 1. The number of aliphatic hydroxyl groups is 2. The Kier molecular flexibility index (Phi) is 11.3. The molecule has 34 heavy (non-hydrogen) atoms. The third kappa shape index (κ3) is 7.59. The molecule has 0 radical (unpaired) electrons. The van der Waals surface area contributed by atoms with Crippen LogP contribution in [0, 0.1) is 0 Å². The van der Waals surface area contributed by atoms with Gasteiger partial charge in [0.05, 0.1) is 12.6 Å². The summed E-state index contributed by atoms with van der Waals surface area (Å²) in [6, 6.07) is -3.99. The van der Waals surface area contributed by atoms with Crippen LogP contribution >= 0.6 is 0 Å². The van der Waals surface area contributed by atoms with Gasteiger partial charge in [-0.15, -0.1) is 0 Å². The van der Waals surface area contributed by atoms with Crippen LogP contribution < -0.4 is 16.8 Å². The molecule has 3 amide bonds. The van der Waals surface area contributed by atoms with Crippen molar-refractivity contribution in [2.75, 3.05) is 13.2 Å². The largest absolute Gasteiger partial charge is 0.481 e. The van der Waals surface area contributed by atoms with Gasteiger partial charge in [-0.1, -0.05) is 6.92 Å². The van der Waals surface area contributed by atoms with Gasteiger partial charge in [0.25, 0.3) is 0 Å². The zero-order valence-corrected chi connectivity index (χ0v) is 18.8. The van der Waals surface area contributed by atoms with Gasteiger partial charge in [0, 0.05) is 12.8 Å². The quantitative estimate of drug-likeness (QED) is 0.131. The van der Waals surface area contributed by atoms with Gasteiger partial charge in [0.2, 0.25) is 17.7 Å². The summed E-state index contributed by atoms with van der Waals surface area (Å²) in [4.78, 5) is 59.9. The van der Waals surface area contributed by atoms with Crippen LogP contribution in [0.5, 0.6) is 0 Å². The van der Waals surface area contributed by atoms with Crippen molar-refractivity contribution in [1.29, 1.82) is 0 Å². The molecule has 194 valence electrons. The van der Waals surface area contributed by atoms with E-state index in [1.54, 1.807) is 0 Å². The second-order valence-electron chi connectivity index (χ2n) is 7.71. The topological polar surface area (TPSA) is 252 Å². The summed E-state index contributed by atoms with van der Waals surface area (Å²) >= 11 is 0. The number of carboxylic acids is 2. The zero-order chi connectivity index (χ0) is 26.2. The van der Waals surface area contributed by atoms with E-state index in [0.29, 0.717) is 0 Å². The Morgan fingerprint density at radius 3 is 2.26 bits per heavy atom. The molecule has 1 heterocycles. The summed E-state index contributed by atoms with van der Waals surface area (Å²) < 4.78 is 10.8. The minimum absolute atomic E-state index is 0.116. The number of aliphatic hydroxyl groups excluding tert-OH is 2. The highest BCUT2D eigenvalue weighted by atomic mass is 16.6. The second kappa shape index (κ2) is 13.1. The molecule has 0 aliphatic carbocycles. The first kappa shape index (κ1) is 29.2. The monoisotopic (exact) mass is 492 g/mol. The van der Waals surface area contributed by atoms with E-state index in [4.69, 9.17) is 31.2 Å². The van der Waals surface area contributed by atoms with E-state index in [9.17, 15) is 34.2 Å². The first-order valence-corrected chi connectivity index (χ1v) is 10.5. The molecule has 9 N–H and O–H groups in total. The van der Waals surface area contributed by atoms with Crippen molar-refractivity contribution in [3.63, 3.8) is 0 Å². The Morgan fingerprint density at radius 2 is 1.79 bits per heavy atom. The standard InChI is InChI=1S/C19H32N4O11/c1-3-11(25)23(8(2)18(32)22-9(17(21)31)4-5-12(26)27)19-14(20)16(33-7-13(28)29)15(30)10(6-24)34-19/h8-10,14-16,19,24,30H,3-7,20H2,1-2H3,(H2,21,31)(H,22,32)(H,26,27)(H,28,29)/t8-,9+,10+,14+,15+,16+,19?/m0/s1. The third-order valence-corrected chi connectivity index (χ3v) is 5.29. The SMILES string of the molecule is CCC(=O)N(C1O[C@H](CO)[C@@H](O)[C@H](OCC(=O)O)[C@H]1N)[C@@H](C)C(=O)N[C@H](CCC(=O)O)C(N)=O. The molecule has 0 aromatic rings. The number of rotatable bonds is 13. The van der Waals surface area contributed by atoms with E-state index < -0.39 is 92.0 Å². The smallest absolute Gasteiger partial charge is 0.329 e. The molecule has 0 aromatic heterocycles. The van der Waals surface area contributed by atoms with Crippen LogP contribution in [0.25, 0.3) is 0 Å². The lowest BCUT2D eigenvalue weighted by molar-refractivity contribution is -0.239. The number of carboxylic acid groups (broad SMARTS) is 2. The highest BCUT2D eigenvalue weighted by Crippen LogP contribution is 2.26. The number of nitrogens with two attached hydrogens (primary N) is 2. The molecule has 0 saturated carbocycles. The molecule has 1 aliphatic rings. The van der Waals surface area contributed by atoms with Crippen molar-refractivity contribution in [3.05, 3.63) is 0 Å². The van der Waals surface area contributed by atoms with E-state index in [2.05, 4.69) is 5.32 Å². The molecule has 0 spiro atoms. The van der Waals surface area contributed by atoms with Gasteiger partial charge in [0.15, 0.2) is 6.23 Å². The molecule has 1 aliphatic heterocycles. The summed E-state index contributed by atoms with van der Waals surface area (Å²) in [6.45, 7) is 1.22. The average Bonchev–Trinajstić information content (AvgIpc) is 2.76. The van der Waals surface area contributed by atoms with Crippen LogP contribution in [0.2, 0.25) is 0 Å². The van der Waals surface area contributed by atoms with Gasteiger partial charge in [-0.3, -0.25) is 19.2 Å². The second-order valence-corrected chi connectivity index (χ2v) is 7.71. The fourth-order valence-corrected chi connectivity index (χ4v) is 3.46. The maximum absolute atomic E-state index is 12.9. The number of nitrogens with zero attached hydrogens (tertiary/aromatic N) is 1. The molecule has 0 aromatic carbocycles. The van der Waals surface area contributed by atoms with Crippen LogP contribution in [0.4, 0.5) is 0 Å². The summed E-state index contributed by atoms with van der Waals surface area (Å²) in [6.07, 6.45) is -6.51. The van der Waals surface area contributed by atoms with E-state index in [1.165, 1.54) is 13.8 Å². The number of hydrogen-bond donors (Lipinski definition) is 7. The lowest BCUT2D eigenvalue weighted by Gasteiger charge is -2.47. The van der Waals surface area contributed by atoms with Crippen molar-refractivity contribution in [2.24, 2.45) is 11.5 Å². The van der Waals surface area contributed by atoms with Crippen molar-refractivity contribution < 1.29 is 53.9 Å². The zero-order valence-electron chi connectivity index (χ0n) is 18.8. The van der Waals surface area contributed by atoms with Crippen LogP contribution in [0.15, 0.2) is 0 Å². The molecule has 1 rings (SSSR count). The van der Waals surface area contributed by atoms with Crippen LogP contribution in [-0.4, -0.2) is 111 Å². The molecule has 1 saturated heterocycles. The molecular formula is C19H32N4O11. The lowest BCUT2D eigenvalue weighted by atomic mass is 9.95. The highest BCUT2D eigenvalue weighted by molar-refractivity contribution is 5.91. The Morgan fingerprint density at radius 1 is 1.18 bits per heavy atom. The van der Waals surface area contributed by atoms with Crippen molar-refractivity contribution in [3.8, 4) is 0 Å². The van der Waals surface area contributed by atoms with Crippen LogP contribution in [0.3, 0.4) is 0 Å². The Labute approximate surface area is 195 Å². The maximum atomic E-state index is 12.9. The van der Waals surface area contributed by atoms with Gasteiger partial charge in [0.1, 0.15) is 37.0 Å². The van der Waals surface area contributed by atoms with Gasteiger partial charge >= 0.3 is 11.9 Å². The summed E-state index contributed by atoms with van der Waals surface area (Å²) in [5, 5.41) is 40.0. The number of aliphatic carboxylic acids is 2. The summed E-state index contributed by atoms with van der Waals surface area (Å²) in [5.41, 5.74) is 11.4. The van der Waals surface area contributed by atoms with E-state index in [0.717, 1.165) is 4.90 Å². The maximum Gasteiger partial charge on any atom is 0.329 e. The normalized spacial score (nSPS) is 26.2. The number of carbonyl (C=O) groups excluding carboxylic acids is 3. The third-order valence-electron chi connectivity index (χ3n) is 5.29. The molecular weight excluding hydrogens is 460 g/mol. The molecule has 0 bridgehead atoms. The van der Waals surface area contributed by atoms with Crippen molar-refractivity contribution >= 4 is 29.7 Å². The average molecular weight is 492 g/mol. The number of carbonyl (C=O) groups is 5. The van der Waals surface area contributed by atoms with Gasteiger partial charge < -0.3 is 51.6 Å². The molecule has 1 unspecified atom stereocenters. The van der Waals surface area contributed by atoms with Gasteiger partial charge in [-0.25, -0.2) is 4.79 Å². The number of nitrogens with one attached hydrogen (secondary N) is 1. The Bertz CT molecular complexity index is 765. The molecule has 15 heteroatoms. The van der Waals surface area contributed by atoms with Gasteiger partial charge in [-0.2, -0.15) is 0 Å². The predicted octanol–water partition coefficient (Wildman–Crippen LogP) is -3.68. The molecule has 7 atom stereocenters. The summed E-state index contributed by atoms with van der Waals surface area (Å²) in [7, 11) is 0. The first-order chi connectivity index (χ1) is 15.8. The minimum atomic E-state index is -1.53. The van der Waals surface area contributed by atoms with Crippen molar-refractivity contribution in [1.82, 2.24) is 10.2 Å². The van der Waals surface area contributed by atoms with E-state index in [-0.39, 0.29) is 12.8 Å². The highest BCUT2D eigenvalue weighted by Gasteiger charge is 2.49. The minimum Gasteiger partial charge on any atom is -0.481 e. The summed E-state index contributed by atoms with van der Waals surface area (Å²) in [5.74, 6) is -5.04. The number of amides is 3. The Balaban J connectivity index is 3.20. The predicted molar refractivity (Wildman–Crippen MR) is 112 cm³/mol. The lowest BCUT2D eigenvalue weighted by Crippen LogP contribution is -2.70. The fourth-order valence-electron chi connectivity index (χ4n) is 3.46. The van der Waals surface area contributed by atoms with Crippen molar-refractivity contribution in [2.45, 2.75) is 75.8 Å². The number of ether oxygens (including phenoxy) is 2. The molecule has 15 nitrogen and oxygen atoms in total. The van der Waals surface area contributed by atoms with Crippen LogP contribution in [-0.2, 0) is 33.4 Å². The van der Waals surface area contributed by atoms with E-state index >= 15 is 0 Å². The van der Waals surface area contributed by atoms with E-state index in [1.807, 2.05) is 0 Å². The molecule has 1 fully saturated rings. The first-order valence-electron chi connectivity index (χ1n) is 10.5. The fraction of sp³-hybridized carbons (Fsp3) is 0.737. The van der Waals surface area contributed by atoms with Gasteiger partial charge in [-0.05, 0) is 13.3 Å². The van der Waals surface area contributed by atoms with Crippen LogP contribution in [0.1, 0.15) is 33.1 Å². The number of hydrogen-bond acceptors (Lipinski definition) is 10.